The van der Waals surface area contributed by atoms with Gasteiger partial charge in [0.05, 0.1) is 12.3 Å². The van der Waals surface area contributed by atoms with Crippen LogP contribution in [0.1, 0.15) is 22.8 Å². The maximum absolute atomic E-state index is 12.4. The van der Waals surface area contributed by atoms with Gasteiger partial charge in [-0.1, -0.05) is 18.2 Å². The van der Waals surface area contributed by atoms with Crippen LogP contribution in [0.25, 0.3) is 5.69 Å². The largest absolute Gasteiger partial charge is 0.494 e. The summed E-state index contributed by atoms with van der Waals surface area (Å²) in [5.41, 5.74) is 0.222. The van der Waals surface area contributed by atoms with Gasteiger partial charge < -0.3 is 9.84 Å². The SMILES string of the molecule is CCOC(=O)c1c(C)cc(O)n(-c2ccccc2)c1=O. The lowest BCUT2D eigenvalue weighted by molar-refractivity contribution is 0.0523. The quantitative estimate of drug-likeness (QED) is 0.869. The zero-order valence-electron chi connectivity index (χ0n) is 11.3. The lowest BCUT2D eigenvalue weighted by Gasteiger charge is -2.12. The molecule has 0 amide bonds. The highest BCUT2D eigenvalue weighted by Gasteiger charge is 2.20. The van der Waals surface area contributed by atoms with Gasteiger partial charge in [0, 0.05) is 6.07 Å². The van der Waals surface area contributed by atoms with Gasteiger partial charge in [0.1, 0.15) is 5.56 Å². The lowest BCUT2D eigenvalue weighted by atomic mass is 10.1. The van der Waals surface area contributed by atoms with E-state index in [0.29, 0.717) is 11.3 Å². The first-order valence-corrected chi connectivity index (χ1v) is 6.24. The molecule has 2 aromatic rings. The predicted octanol–water partition coefficient (Wildman–Crippen LogP) is 2.03. The monoisotopic (exact) mass is 273 g/mol. The van der Waals surface area contributed by atoms with Crippen molar-refractivity contribution in [2.24, 2.45) is 0 Å². The van der Waals surface area contributed by atoms with Crippen molar-refractivity contribution in [2.75, 3.05) is 6.61 Å². The smallest absolute Gasteiger partial charge is 0.344 e. The summed E-state index contributed by atoms with van der Waals surface area (Å²) in [6.07, 6.45) is 0. The molecule has 0 atom stereocenters. The lowest BCUT2D eigenvalue weighted by Crippen LogP contribution is -2.27. The highest BCUT2D eigenvalue weighted by molar-refractivity contribution is 5.90. The average Bonchev–Trinajstić information content (AvgIpc) is 2.39. The molecule has 0 fully saturated rings. The minimum absolute atomic E-state index is 0.0616. The third kappa shape index (κ3) is 2.42. The number of carbonyl (C=O) groups excluding carboxylic acids is 1. The summed E-state index contributed by atoms with van der Waals surface area (Å²) in [6, 6.07) is 10.00. The molecule has 0 saturated heterocycles. The van der Waals surface area contributed by atoms with Gasteiger partial charge in [0.25, 0.3) is 5.56 Å². The number of esters is 1. The molecule has 2 rings (SSSR count). The number of aryl methyl sites for hydroxylation is 1. The first-order valence-electron chi connectivity index (χ1n) is 6.24. The van der Waals surface area contributed by atoms with E-state index in [1.807, 2.05) is 0 Å². The molecule has 1 aromatic carbocycles. The summed E-state index contributed by atoms with van der Waals surface area (Å²) in [5.74, 6) is -0.897. The number of carbonyl (C=O) groups is 1. The van der Waals surface area contributed by atoms with E-state index in [9.17, 15) is 14.7 Å². The topological polar surface area (TPSA) is 68.5 Å². The second-order valence-corrected chi connectivity index (χ2v) is 4.26. The van der Waals surface area contributed by atoms with Gasteiger partial charge in [-0.25, -0.2) is 9.36 Å². The van der Waals surface area contributed by atoms with Crippen molar-refractivity contribution in [3.8, 4) is 11.6 Å². The van der Waals surface area contributed by atoms with Crippen molar-refractivity contribution < 1.29 is 14.6 Å². The fraction of sp³-hybridized carbons (Fsp3) is 0.200. The van der Waals surface area contributed by atoms with E-state index in [2.05, 4.69) is 0 Å². The second-order valence-electron chi connectivity index (χ2n) is 4.26. The Labute approximate surface area is 116 Å². The maximum atomic E-state index is 12.4. The number of hydrogen-bond acceptors (Lipinski definition) is 4. The van der Waals surface area contributed by atoms with Crippen molar-refractivity contribution in [1.29, 1.82) is 0 Å². The number of benzene rings is 1. The highest BCUT2D eigenvalue weighted by atomic mass is 16.5. The first kappa shape index (κ1) is 13.9. The minimum atomic E-state index is -0.681. The van der Waals surface area contributed by atoms with Crippen molar-refractivity contribution in [3.63, 3.8) is 0 Å². The molecular formula is C15H15NO4. The van der Waals surface area contributed by atoms with Crippen LogP contribution >= 0.6 is 0 Å². The van der Waals surface area contributed by atoms with Crippen LogP contribution in [0.5, 0.6) is 5.88 Å². The Bertz CT molecular complexity index is 689. The molecule has 1 heterocycles. The van der Waals surface area contributed by atoms with Gasteiger partial charge in [-0.05, 0) is 31.5 Å². The molecule has 0 aliphatic rings. The van der Waals surface area contributed by atoms with Crippen LogP contribution in [0.4, 0.5) is 0 Å². The van der Waals surface area contributed by atoms with Crippen molar-refractivity contribution in [3.05, 3.63) is 57.9 Å². The van der Waals surface area contributed by atoms with E-state index in [1.165, 1.54) is 6.07 Å². The molecule has 0 aliphatic carbocycles. The van der Waals surface area contributed by atoms with E-state index >= 15 is 0 Å². The molecule has 5 heteroatoms. The standard InChI is InChI=1S/C15H15NO4/c1-3-20-15(19)13-10(2)9-12(17)16(14(13)18)11-7-5-4-6-8-11/h4-9,17H,3H2,1-2H3. The van der Waals surface area contributed by atoms with Gasteiger partial charge in [-0.2, -0.15) is 0 Å². The van der Waals surface area contributed by atoms with E-state index < -0.39 is 11.5 Å². The number of pyridine rings is 1. The van der Waals surface area contributed by atoms with Gasteiger partial charge >= 0.3 is 5.97 Å². The predicted molar refractivity (Wildman–Crippen MR) is 74.4 cm³/mol. The first-order chi connectivity index (χ1) is 9.56. The number of para-hydroxylation sites is 1. The third-order valence-electron chi connectivity index (χ3n) is 2.88. The Morgan fingerprint density at radius 1 is 1.30 bits per heavy atom. The maximum Gasteiger partial charge on any atom is 0.344 e. The molecular weight excluding hydrogens is 258 g/mol. The summed E-state index contributed by atoms with van der Waals surface area (Å²) >= 11 is 0. The van der Waals surface area contributed by atoms with Gasteiger partial charge in [0.15, 0.2) is 5.88 Å². The van der Waals surface area contributed by atoms with E-state index in [-0.39, 0.29) is 18.1 Å². The zero-order chi connectivity index (χ0) is 14.7. The third-order valence-corrected chi connectivity index (χ3v) is 2.88. The number of ether oxygens (including phenoxy) is 1. The molecule has 1 N–H and O–H groups in total. The van der Waals surface area contributed by atoms with Crippen LogP contribution in [0.3, 0.4) is 0 Å². The molecule has 0 spiro atoms. The summed E-state index contributed by atoms with van der Waals surface area (Å²) in [4.78, 5) is 24.3. The van der Waals surface area contributed by atoms with Crippen LogP contribution in [0.15, 0.2) is 41.2 Å². The van der Waals surface area contributed by atoms with E-state index in [1.54, 1.807) is 44.2 Å². The Kier molecular flexibility index (Phi) is 3.89. The van der Waals surface area contributed by atoms with E-state index in [4.69, 9.17) is 4.74 Å². The molecule has 0 aliphatic heterocycles. The number of nitrogens with zero attached hydrogens (tertiary/aromatic N) is 1. The Morgan fingerprint density at radius 2 is 1.95 bits per heavy atom. The zero-order valence-corrected chi connectivity index (χ0v) is 11.3. The normalized spacial score (nSPS) is 10.3. The number of rotatable bonds is 3. The Morgan fingerprint density at radius 3 is 2.55 bits per heavy atom. The Balaban J connectivity index is 2.69. The summed E-state index contributed by atoms with van der Waals surface area (Å²) in [7, 11) is 0. The fourth-order valence-electron chi connectivity index (χ4n) is 1.99. The fourth-order valence-corrected chi connectivity index (χ4v) is 1.99. The summed E-state index contributed by atoms with van der Waals surface area (Å²) in [5, 5.41) is 9.97. The number of aromatic nitrogens is 1. The van der Waals surface area contributed by atoms with Crippen LogP contribution in [-0.2, 0) is 4.74 Å². The van der Waals surface area contributed by atoms with Crippen molar-refractivity contribution >= 4 is 5.97 Å². The molecule has 0 saturated carbocycles. The number of aromatic hydroxyl groups is 1. The van der Waals surface area contributed by atoms with Crippen molar-refractivity contribution in [2.45, 2.75) is 13.8 Å². The highest BCUT2D eigenvalue weighted by Crippen LogP contribution is 2.18. The summed E-state index contributed by atoms with van der Waals surface area (Å²) < 4.78 is 5.97. The molecule has 104 valence electrons. The second kappa shape index (κ2) is 5.61. The molecule has 0 radical (unpaired) electrons. The van der Waals surface area contributed by atoms with Crippen molar-refractivity contribution in [1.82, 2.24) is 4.57 Å². The average molecular weight is 273 g/mol. The minimum Gasteiger partial charge on any atom is -0.494 e. The van der Waals surface area contributed by atoms with Gasteiger partial charge in [-0.3, -0.25) is 4.79 Å². The van der Waals surface area contributed by atoms with E-state index in [0.717, 1.165) is 4.57 Å². The van der Waals surface area contributed by atoms with Gasteiger partial charge in [0.2, 0.25) is 0 Å². The van der Waals surface area contributed by atoms with Gasteiger partial charge in [-0.15, -0.1) is 0 Å². The summed E-state index contributed by atoms with van der Waals surface area (Å²) in [6.45, 7) is 3.44. The molecule has 5 nitrogen and oxygen atoms in total. The van der Waals surface area contributed by atoms with Crippen LogP contribution in [0.2, 0.25) is 0 Å². The molecule has 20 heavy (non-hydrogen) atoms. The molecule has 0 unspecified atom stereocenters. The van der Waals surface area contributed by atoms with Crippen LogP contribution in [-0.4, -0.2) is 22.2 Å². The van der Waals surface area contributed by atoms with Crippen LogP contribution in [0, 0.1) is 6.92 Å². The van der Waals surface area contributed by atoms with Crippen LogP contribution < -0.4 is 5.56 Å². The number of hydrogen-bond donors (Lipinski definition) is 1. The molecule has 0 bridgehead atoms. The Hall–Kier alpha value is -2.56. The molecule has 1 aromatic heterocycles.